The number of benzene rings is 1. The van der Waals surface area contributed by atoms with Crippen LogP contribution in [-0.2, 0) is 4.74 Å². The molecular weight excluding hydrogens is 260 g/mol. The van der Waals surface area contributed by atoms with E-state index in [2.05, 4.69) is 0 Å². The third-order valence-corrected chi connectivity index (χ3v) is 4.58. The molecule has 1 aromatic carbocycles. The van der Waals surface area contributed by atoms with Crippen LogP contribution in [0.4, 0.5) is 0 Å². The van der Waals surface area contributed by atoms with Gasteiger partial charge in [0.1, 0.15) is 5.75 Å². The number of methoxy groups -OCH3 is 1. The van der Waals surface area contributed by atoms with Crippen LogP contribution in [0.2, 0.25) is 0 Å². The number of thioether (sulfide) groups is 1. The van der Waals surface area contributed by atoms with E-state index in [9.17, 15) is 4.79 Å². The van der Waals surface area contributed by atoms with Crippen molar-refractivity contribution in [2.24, 2.45) is 0 Å². The Kier molecular flexibility index (Phi) is 5.28. The van der Waals surface area contributed by atoms with Crippen LogP contribution in [0, 0.1) is 0 Å². The van der Waals surface area contributed by atoms with E-state index in [0.29, 0.717) is 6.10 Å². The smallest absolute Gasteiger partial charge is 0.175 e. The average Bonchev–Trinajstić information content (AvgIpc) is 2.97. The third-order valence-electron chi connectivity index (χ3n) is 3.30. The van der Waals surface area contributed by atoms with Crippen LogP contribution < -0.4 is 4.74 Å². The molecule has 0 amide bonds. The van der Waals surface area contributed by atoms with Gasteiger partial charge in [-0.2, -0.15) is 0 Å². The van der Waals surface area contributed by atoms with E-state index >= 15 is 0 Å². The monoisotopic (exact) mass is 280 g/mol. The fourth-order valence-corrected chi connectivity index (χ4v) is 3.15. The largest absolute Gasteiger partial charge is 0.497 e. The molecule has 4 heteroatoms. The molecule has 3 nitrogen and oxygen atoms in total. The van der Waals surface area contributed by atoms with Crippen LogP contribution in [0.1, 0.15) is 30.1 Å². The van der Waals surface area contributed by atoms with E-state index in [-0.39, 0.29) is 11.0 Å². The van der Waals surface area contributed by atoms with Crippen LogP contribution in [-0.4, -0.2) is 36.6 Å². The summed E-state index contributed by atoms with van der Waals surface area (Å²) in [5, 5.41) is -0.0300. The van der Waals surface area contributed by atoms with Gasteiger partial charge in [0.05, 0.1) is 18.5 Å². The molecule has 0 spiro atoms. The molecule has 1 aromatic rings. The molecule has 0 aromatic heterocycles. The van der Waals surface area contributed by atoms with Crippen LogP contribution >= 0.6 is 11.8 Å². The van der Waals surface area contributed by atoms with Gasteiger partial charge < -0.3 is 9.47 Å². The molecule has 2 unspecified atom stereocenters. The summed E-state index contributed by atoms with van der Waals surface area (Å²) in [6.07, 6.45) is 2.60. The number of rotatable bonds is 6. The SMILES string of the molecule is COc1ccc(C(=O)C(C)SCC2CCCO2)cc1. The summed E-state index contributed by atoms with van der Waals surface area (Å²) in [6.45, 7) is 2.83. The highest BCUT2D eigenvalue weighted by atomic mass is 32.2. The Labute approximate surface area is 118 Å². The molecule has 104 valence electrons. The van der Waals surface area contributed by atoms with Gasteiger partial charge in [-0.1, -0.05) is 0 Å². The quantitative estimate of drug-likeness (QED) is 0.750. The minimum absolute atomic E-state index is 0.0300. The van der Waals surface area contributed by atoms with E-state index in [0.717, 1.165) is 36.5 Å². The predicted octanol–water partition coefficient (Wildman–Crippen LogP) is 3.18. The third kappa shape index (κ3) is 3.98. The van der Waals surface area contributed by atoms with Gasteiger partial charge in [-0.25, -0.2) is 0 Å². The molecule has 2 atom stereocenters. The van der Waals surface area contributed by atoms with Gasteiger partial charge in [-0.05, 0) is 44.0 Å². The molecule has 0 bridgehead atoms. The summed E-state index contributed by atoms with van der Waals surface area (Å²) >= 11 is 1.68. The lowest BCUT2D eigenvalue weighted by atomic mass is 10.1. The Morgan fingerprint density at radius 1 is 1.47 bits per heavy atom. The maximum atomic E-state index is 12.2. The number of carbonyl (C=O) groups is 1. The Hall–Kier alpha value is -1.00. The minimum Gasteiger partial charge on any atom is -0.497 e. The number of Topliss-reactive ketones (excluding diaryl/α,β-unsaturated/α-hetero) is 1. The summed E-state index contributed by atoms with van der Waals surface area (Å²) in [7, 11) is 1.62. The lowest BCUT2D eigenvalue weighted by Crippen LogP contribution is -2.17. The molecule has 19 heavy (non-hydrogen) atoms. The van der Waals surface area contributed by atoms with Gasteiger partial charge in [0.25, 0.3) is 0 Å². The Balaban J connectivity index is 1.86. The topological polar surface area (TPSA) is 35.5 Å². The molecule has 1 aliphatic rings. The van der Waals surface area contributed by atoms with Crippen molar-refractivity contribution < 1.29 is 14.3 Å². The number of hydrogen-bond acceptors (Lipinski definition) is 4. The molecule has 1 fully saturated rings. The van der Waals surface area contributed by atoms with Crippen molar-refractivity contribution in [3.05, 3.63) is 29.8 Å². The van der Waals surface area contributed by atoms with Crippen molar-refractivity contribution >= 4 is 17.5 Å². The summed E-state index contributed by atoms with van der Waals surface area (Å²) in [5.74, 6) is 1.85. The van der Waals surface area contributed by atoms with E-state index in [1.54, 1.807) is 18.9 Å². The fourth-order valence-electron chi connectivity index (χ4n) is 2.09. The second kappa shape index (κ2) is 6.96. The van der Waals surface area contributed by atoms with Crippen molar-refractivity contribution in [3.63, 3.8) is 0 Å². The van der Waals surface area contributed by atoms with Crippen molar-refractivity contribution in [3.8, 4) is 5.75 Å². The molecule has 0 radical (unpaired) electrons. The summed E-state index contributed by atoms with van der Waals surface area (Å²) < 4.78 is 10.7. The second-order valence-corrected chi connectivity index (χ2v) is 6.08. The van der Waals surface area contributed by atoms with Crippen molar-refractivity contribution in [2.45, 2.75) is 31.1 Å². The average molecular weight is 280 g/mol. The second-order valence-electron chi connectivity index (χ2n) is 4.70. The van der Waals surface area contributed by atoms with E-state index in [1.807, 2.05) is 31.2 Å². The van der Waals surface area contributed by atoms with Gasteiger partial charge in [0, 0.05) is 17.9 Å². The van der Waals surface area contributed by atoms with Crippen molar-refractivity contribution in [2.75, 3.05) is 19.5 Å². The lowest BCUT2D eigenvalue weighted by molar-refractivity contribution is 0.0993. The van der Waals surface area contributed by atoms with Gasteiger partial charge >= 0.3 is 0 Å². The molecular formula is C15H20O3S. The van der Waals surface area contributed by atoms with Gasteiger partial charge in [0.2, 0.25) is 0 Å². The van der Waals surface area contributed by atoms with Gasteiger partial charge in [-0.15, -0.1) is 11.8 Å². The first kappa shape index (κ1) is 14.4. The van der Waals surface area contributed by atoms with E-state index in [1.165, 1.54) is 0 Å². The first-order valence-electron chi connectivity index (χ1n) is 6.62. The number of ketones is 1. The predicted molar refractivity (Wildman–Crippen MR) is 78.2 cm³/mol. The van der Waals surface area contributed by atoms with Gasteiger partial charge in [-0.3, -0.25) is 4.79 Å². The zero-order chi connectivity index (χ0) is 13.7. The molecule has 0 saturated carbocycles. The lowest BCUT2D eigenvalue weighted by Gasteiger charge is -2.13. The maximum Gasteiger partial charge on any atom is 0.175 e. The first-order valence-corrected chi connectivity index (χ1v) is 7.67. The summed E-state index contributed by atoms with van der Waals surface area (Å²) in [5.41, 5.74) is 0.744. The van der Waals surface area contributed by atoms with Crippen LogP contribution in [0.25, 0.3) is 0 Å². The van der Waals surface area contributed by atoms with Crippen LogP contribution in [0.3, 0.4) is 0 Å². The molecule has 1 saturated heterocycles. The molecule has 1 heterocycles. The summed E-state index contributed by atoms with van der Waals surface area (Å²) in [6, 6.07) is 7.30. The Morgan fingerprint density at radius 3 is 2.79 bits per heavy atom. The van der Waals surface area contributed by atoms with Gasteiger partial charge in [0.15, 0.2) is 5.78 Å². The zero-order valence-corrected chi connectivity index (χ0v) is 12.2. The Morgan fingerprint density at radius 2 is 2.21 bits per heavy atom. The van der Waals surface area contributed by atoms with Crippen LogP contribution in [0.15, 0.2) is 24.3 Å². The highest BCUT2D eigenvalue weighted by molar-refractivity contribution is 8.00. The summed E-state index contributed by atoms with van der Waals surface area (Å²) in [4.78, 5) is 12.2. The highest BCUT2D eigenvalue weighted by Gasteiger charge is 2.20. The normalized spacial score (nSPS) is 20.2. The standard InChI is InChI=1S/C15H20O3S/c1-11(19-10-14-4-3-9-18-14)15(16)12-5-7-13(17-2)8-6-12/h5-8,11,14H,3-4,9-10H2,1-2H3. The fraction of sp³-hybridized carbons (Fsp3) is 0.533. The highest BCUT2D eigenvalue weighted by Crippen LogP contribution is 2.23. The minimum atomic E-state index is -0.0300. The van der Waals surface area contributed by atoms with Crippen molar-refractivity contribution in [1.82, 2.24) is 0 Å². The van der Waals surface area contributed by atoms with Crippen LogP contribution in [0.5, 0.6) is 5.75 Å². The van der Waals surface area contributed by atoms with E-state index < -0.39 is 0 Å². The van der Waals surface area contributed by atoms with Crippen molar-refractivity contribution in [1.29, 1.82) is 0 Å². The molecule has 2 rings (SSSR count). The molecule has 0 aliphatic carbocycles. The Bertz CT molecular complexity index is 410. The molecule has 0 N–H and O–H groups in total. The van der Waals surface area contributed by atoms with E-state index in [4.69, 9.17) is 9.47 Å². The first-order chi connectivity index (χ1) is 9.20. The number of carbonyl (C=O) groups excluding carboxylic acids is 1. The maximum absolute atomic E-state index is 12.2. The zero-order valence-electron chi connectivity index (χ0n) is 11.4. The number of hydrogen-bond donors (Lipinski definition) is 0. The molecule has 1 aliphatic heterocycles. The number of ether oxygens (including phenoxy) is 2.